The predicted molar refractivity (Wildman–Crippen MR) is 133 cm³/mol. The average Bonchev–Trinajstić information content (AvgIpc) is 2.85. The number of nitrogens with zero attached hydrogens (tertiary/aromatic N) is 2. The fourth-order valence-electron chi connectivity index (χ4n) is 3.88. The van der Waals surface area contributed by atoms with Crippen LogP contribution in [0.3, 0.4) is 0 Å². The van der Waals surface area contributed by atoms with Gasteiger partial charge in [-0.2, -0.15) is 4.31 Å². The molecule has 1 aliphatic rings. The van der Waals surface area contributed by atoms with E-state index in [0.717, 1.165) is 16.9 Å². The molecule has 3 aromatic carbocycles. The molecule has 1 amide bonds. The van der Waals surface area contributed by atoms with E-state index in [9.17, 15) is 13.2 Å². The van der Waals surface area contributed by atoms with Gasteiger partial charge in [0, 0.05) is 44.0 Å². The van der Waals surface area contributed by atoms with Crippen LogP contribution in [0.4, 0.5) is 5.69 Å². The lowest BCUT2D eigenvalue weighted by molar-refractivity contribution is 0.102. The fraction of sp³-hybridized carbons (Fsp3) is 0.269. The molecule has 0 atom stereocenters. The number of nitrogens with one attached hydrogen (secondary N) is 1. The van der Waals surface area contributed by atoms with Gasteiger partial charge in [-0.15, -0.1) is 0 Å². The van der Waals surface area contributed by atoms with E-state index in [4.69, 9.17) is 4.74 Å². The summed E-state index contributed by atoms with van der Waals surface area (Å²) in [6, 6.07) is 21.7. The van der Waals surface area contributed by atoms with Crippen LogP contribution in [0.15, 0.2) is 77.7 Å². The molecule has 1 aliphatic heterocycles. The number of piperazine rings is 1. The number of carbonyl (C=O) groups excluding carboxylic acids is 1. The van der Waals surface area contributed by atoms with Crippen LogP contribution in [0.2, 0.25) is 0 Å². The minimum Gasteiger partial charge on any atom is -0.497 e. The molecule has 0 bridgehead atoms. The van der Waals surface area contributed by atoms with Crippen molar-refractivity contribution in [2.75, 3.05) is 38.6 Å². The Morgan fingerprint density at radius 1 is 0.882 bits per heavy atom. The molecule has 0 unspecified atom stereocenters. The van der Waals surface area contributed by atoms with Crippen LogP contribution < -0.4 is 10.1 Å². The Hall–Kier alpha value is -3.20. The SMILES string of the molecule is COc1ccc(NC(=O)c2ccc(CN3CCN(S(=O)(=O)c4ccc(C)cc4)CC3)cc2)cc1. The minimum atomic E-state index is -3.46. The minimum absolute atomic E-state index is 0.174. The highest BCUT2D eigenvalue weighted by Crippen LogP contribution is 2.20. The number of amides is 1. The third-order valence-corrected chi connectivity index (χ3v) is 7.87. The largest absolute Gasteiger partial charge is 0.497 e. The number of rotatable bonds is 7. The van der Waals surface area contributed by atoms with Crippen molar-refractivity contribution in [2.45, 2.75) is 18.4 Å². The van der Waals surface area contributed by atoms with E-state index in [1.54, 1.807) is 47.8 Å². The molecule has 0 saturated carbocycles. The summed E-state index contributed by atoms with van der Waals surface area (Å²) in [5, 5.41) is 2.88. The van der Waals surface area contributed by atoms with Crippen molar-refractivity contribution in [1.29, 1.82) is 0 Å². The first-order valence-corrected chi connectivity index (χ1v) is 12.6. The predicted octanol–water partition coefficient (Wildman–Crippen LogP) is 3.76. The van der Waals surface area contributed by atoms with Gasteiger partial charge < -0.3 is 10.1 Å². The first-order chi connectivity index (χ1) is 16.3. The summed E-state index contributed by atoms with van der Waals surface area (Å²) in [6.07, 6.45) is 0. The van der Waals surface area contributed by atoms with Crippen LogP contribution in [0.1, 0.15) is 21.5 Å². The van der Waals surface area contributed by atoms with Crippen molar-refractivity contribution < 1.29 is 17.9 Å². The molecule has 0 aromatic heterocycles. The number of ether oxygens (including phenoxy) is 1. The van der Waals surface area contributed by atoms with Crippen molar-refractivity contribution in [2.24, 2.45) is 0 Å². The Kier molecular flexibility index (Phi) is 7.31. The van der Waals surface area contributed by atoms with Gasteiger partial charge in [-0.3, -0.25) is 9.69 Å². The number of anilines is 1. The number of aryl methyl sites for hydroxylation is 1. The van der Waals surface area contributed by atoms with Crippen LogP contribution in [0.5, 0.6) is 5.75 Å². The summed E-state index contributed by atoms with van der Waals surface area (Å²) in [6.45, 7) is 4.88. The van der Waals surface area contributed by atoms with E-state index in [1.807, 2.05) is 43.3 Å². The van der Waals surface area contributed by atoms with Crippen molar-refractivity contribution in [1.82, 2.24) is 9.21 Å². The summed E-state index contributed by atoms with van der Waals surface area (Å²) in [5.41, 5.74) is 3.39. The molecule has 8 heteroatoms. The van der Waals surface area contributed by atoms with Gasteiger partial charge in [-0.05, 0) is 61.0 Å². The molecule has 1 N–H and O–H groups in total. The summed E-state index contributed by atoms with van der Waals surface area (Å²) >= 11 is 0. The second-order valence-electron chi connectivity index (χ2n) is 8.37. The summed E-state index contributed by atoms with van der Waals surface area (Å²) in [7, 11) is -1.87. The molecule has 7 nitrogen and oxygen atoms in total. The van der Waals surface area contributed by atoms with Crippen LogP contribution in [0.25, 0.3) is 0 Å². The van der Waals surface area contributed by atoms with Gasteiger partial charge in [-0.1, -0.05) is 29.8 Å². The topological polar surface area (TPSA) is 79.0 Å². The number of hydrogen-bond donors (Lipinski definition) is 1. The van der Waals surface area contributed by atoms with E-state index >= 15 is 0 Å². The maximum Gasteiger partial charge on any atom is 0.255 e. The maximum absolute atomic E-state index is 12.9. The van der Waals surface area contributed by atoms with Crippen molar-refractivity contribution >= 4 is 21.6 Å². The molecule has 1 fully saturated rings. The molecule has 0 radical (unpaired) electrons. The van der Waals surface area contributed by atoms with Gasteiger partial charge in [0.25, 0.3) is 5.91 Å². The number of methoxy groups -OCH3 is 1. The molecule has 0 spiro atoms. The highest BCUT2D eigenvalue weighted by molar-refractivity contribution is 7.89. The molecule has 34 heavy (non-hydrogen) atoms. The second kappa shape index (κ2) is 10.4. The van der Waals surface area contributed by atoms with Gasteiger partial charge in [0.2, 0.25) is 10.0 Å². The Balaban J connectivity index is 1.30. The van der Waals surface area contributed by atoms with E-state index < -0.39 is 10.0 Å². The first-order valence-electron chi connectivity index (χ1n) is 11.2. The number of benzene rings is 3. The maximum atomic E-state index is 12.9. The highest BCUT2D eigenvalue weighted by Gasteiger charge is 2.28. The Morgan fingerprint density at radius 2 is 1.50 bits per heavy atom. The number of sulfonamides is 1. The smallest absolute Gasteiger partial charge is 0.255 e. The van der Waals surface area contributed by atoms with Gasteiger partial charge in [0.05, 0.1) is 12.0 Å². The fourth-order valence-corrected chi connectivity index (χ4v) is 5.31. The average molecular weight is 480 g/mol. The van der Waals surface area contributed by atoms with Gasteiger partial charge in [0.15, 0.2) is 0 Å². The lowest BCUT2D eigenvalue weighted by atomic mass is 10.1. The standard InChI is InChI=1S/C26H29N3O4S/c1-20-3-13-25(14-4-20)34(31,32)29-17-15-28(16-18-29)19-21-5-7-22(8-6-21)26(30)27-23-9-11-24(33-2)12-10-23/h3-14H,15-19H2,1-2H3,(H,27,30). The van der Waals surface area contributed by atoms with Crippen LogP contribution in [-0.4, -0.2) is 56.8 Å². The molecular formula is C26H29N3O4S. The normalized spacial score (nSPS) is 15.1. The van der Waals surface area contributed by atoms with Crippen LogP contribution >= 0.6 is 0 Å². The van der Waals surface area contributed by atoms with E-state index in [-0.39, 0.29) is 5.91 Å². The van der Waals surface area contributed by atoms with Crippen molar-refractivity contribution in [3.63, 3.8) is 0 Å². The zero-order chi connectivity index (χ0) is 24.1. The van der Waals surface area contributed by atoms with Crippen molar-refractivity contribution in [3.8, 4) is 5.75 Å². The second-order valence-corrected chi connectivity index (χ2v) is 10.3. The third kappa shape index (κ3) is 5.64. The Bertz CT molecular complexity index is 1220. The quantitative estimate of drug-likeness (QED) is 0.558. The van der Waals surface area contributed by atoms with Gasteiger partial charge in [0.1, 0.15) is 5.75 Å². The molecule has 1 heterocycles. The molecule has 3 aromatic rings. The van der Waals surface area contributed by atoms with Crippen LogP contribution in [-0.2, 0) is 16.6 Å². The monoisotopic (exact) mass is 479 g/mol. The summed E-state index contributed by atoms with van der Waals surface area (Å²) in [5.74, 6) is 0.558. The van der Waals surface area contributed by atoms with E-state index in [0.29, 0.717) is 48.9 Å². The first kappa shape index (κ1) is 23.9. The van der Waals surface area contributed by atoms with Crippen LogP contribution in [0, 0.1) is 6.92 Å². The zero-order valence-electron chi connectivity index (χ0n) is 19.4. The lowest BCUT2D eigenvalue weighted by Crippen LogP contribution is -2.48. The summed E-state index contributed by atoms with van der Waals surface area (Å²) in [4.78, 5) is 15.1. The lowest BCUT2D eigenvalue weighted by Gasteiger charge is -2.34. The Labute approximate surface area is 201 Å². The Morgan fingerprint density at radius 3 is 2.09 bits per heavy atom. The van der Waals surface area contributed by atoms with Crippen molar-refractivity contribution in [3.05, 3.63) is 89.5 Å². The molecular weight excluding hydrogens is 450 g/mol. The number of hydrogen-bond acceptors (Lipinski definition) is 5. The number of carbonyl (C=O) groups is 1. The zero-order valence-corrected chi connectivity index (χ0v) is 20.2. The molecule has 0 aliphatic carbocycles. The van der Waals surface area contributed by atoms with E-state index in [2.05, 4.69) is 10.2 Å². The molecule has 4 rings (SSSR count). The van der Waals surface area contributed by atoms with Gasteiger partial charge in [-0.25, -0.2) is 8.42 Å². The molecule has 178 valence electrons. The summed E-state index contributed by atoms with van der Waals surface area (Å²) < 4.78 is 32.5. The van der Waals surface area contributed by atoms with Gasteiger partial charge >= 0.3 is 0 Å². The van der Waals surface area contributed by atoms with E-state index in [1.165, 1.54) is 0 Å². The third-order valence-electron chi connectivity index (χ3n) is 5.96. The highest BCUT2D eigenvalue weighted by atomic mass is 32.2. The molecule has 1 saturated heterocycles.